The van der Waals surface area contributed by atoms with Gasteiger partial charge >= 0.3 is 0 Å². The molecule has 4 nitrogen and oxygen atoms in total. The first kappa shape index (κ1) is 12.8. The molecular formula is C15H22N2O2. The lowest BCUT2D eigenvalue weighted by Gasteiger charge is -2.49. The second kappa shape index (κ2) is 3.90. The number of hydrogen-bond acceptors (Lipinski definition) is 4. The summed E-state index contributed by atoms with van der Waals surface area (Å²) in [4.78, 5) is 15.9. The molecule has 2 bridgehead atoms. The van der Waals surface area contributed by atoms with Crippen LogP contribution in [-0.4, -0.2) is 16.4 Å². The highest BCUT2D eigenvalue weighted by molar-refractivity contribution is 5.60. The first-order valence-corrected chi connectivity index (χ1v) is 7.20. The van der Waals surface area contributed by atoms with E-state index in [9.17, 15) is 4.79 Å². The van der Waals surface area contributed by atoms with E-state index in [2.05, 4.69) is 30.9 Å². The summed E-state index contributed by atoms with van der Waals surface area (Å²) >= 11 is 0. The van der Waals surface area contributed by atoms with Crippen LogP contribution in [0.4, 0.5) is 0 Å². The Bertz CT molecular complexity index is 474. The predicted octanol–water partition coefficient (Wildman–Crippen LogP) is 3.16. The fraction of sp³-hybridized carbons (Fsp3) is 0.800. The number of rotatable bonds is 2. The number of carbonyl (C=O) groups excluding carboxylic acids is 1. The molecular weight excluding hydrogens is 240 g/mol. The van der Waals surface area contributed by atoms with Crippen LogP contribution in [0.5, 0.6) is 0 Å². The topological polar surface area (TPSA) is 56.0 Å². The standard InChI is InChI=1S/C15H22N2O2/c1-13(2,3)12-16-11(17-19-12)15-7-4-14(10-18,5-8-15)6-9-15/h10H,4-9H2,1-3H3. The molecule has 0 unspecified atom stereocenters. The Hall–Kier alpha value is -1.19. The third kappa shape index (κ3) is 1.92. The number of aldehydes is 1. The number of fused-ring (bicyclic) bond motifs is 3. The van der Waals surface area contributed by atoms with Crippen LogP contribution < -0.4 is 0 Å². The molecule has 0 N–H and O–H groups in total. The third-order valence-electron chi connectivity index (χ3n) is 5.10. The van der Waals surface area contributed by atoms with E-state index >= 15 is 0 Å². The highest BCUT2D eigenvalue weighted by Crippen LogP contribution is 2.56. The molecule has 0 spiro atoms. The lowest BCUT2D eigenvalue weighted by atomic mass is 9.54. The Kier molecular flexibility index (Phi) is 2.63. The second-order valence-corrected chi connectivity index (χ2v) is 7.43. The molecule has 0 aliphatic heterocycles. The summed E-state index contributed by atoms with van der Waals surface area (Å²) in [5.41, 5.74) is -0.0755. The zero-order valence-corrected chi connectivity index (χ0v) is 12.0. The molecule has 0 amide bonds. The molecule has 1 aromatic heterocycles. The van der Waals surface area contributed by atoms with Crippen LogP contribution in [-0.2, 0) is 15.6 Å². The van der Waals surface area contributed by atoms with E-state index in [0.717, 1.165) is 50.2 Å². The van der Waals surface area contributed by atoms with Gasteiger partial charge in [0, 0.05) is 16.2 Å². The zero-order valence-electron chi connectivity index (χ0n) is 12.0. The van der Waals surface area contributed by atoms with E-state index in [4.69, 9.17) is 4.52 Å². The van der Waals surface area contributed by atoms with Crippen molar-refractivity contribution >= 4 is 6.29 Å². The van der Waals surface area contributed by atoms with Crippen LogP contribution in [0.3, 0.4) is 0 Å². The van der Waals surface area contributed by atoms with Crippen molar-refractivity contribution in [2.24, 2.45) is 5.41 Å². The lowest BCUT2D eigenvalue weighted by Crippen LogP contribution is -2.45. The van der Waals surface area contributed by atoms with Gasteiger partial charge in [0.1, 0.15) is 6.29 Å². The summed E-state index contributed by atoms with van der Waals surface area (Å²) in [7, 11) is 0. The largest absolute Gasteiger partial charge is 0.339 e. The first-order chi connectivity index (χ1) is 8.89. The Morgan fingerprint density at radius 3 is 2.11 bits per heavy atom. The van der Waals surface area contributed by atoms with E-state index in [0.29, 0.717) is 0 Å². The van der Waals surface area contributed by atoms with Crippen LogP contribution >= 0.6 is 0 Å². The van der Waals surface area contributed by atoms with Crippen molar-refractivity contribution in [2.45, 2.75) is 70.1 Å². The van der Waals surface area contributed by atoms with E-state index in [1.165, 1.54) is 6.29 Å². The molecule has 3 aliphatic carbocycles. The fourth-order valence-electron chi connectivity index (χ4n) is 3.47. The molecule has 3 fully saturated rings. The molecule has 0 radical (unpaired) electrons. The molecule has 0 atom stereocenters. The Morgan fingerprint density at radius 2 is 1.68 bits per heavy atom. The minimum absolute atomic E-state index is 0.0433. The molecule has 1 heterocycles. The normalized spacial score (nSPS) is 34.5. The van der Waals surface area contributed by atoms with E-state index in [1.54, 1.807) is 0 Å². The van der Waals surface area contributed by atoms with Crippen LogP contribution in [0.2, 0.25) is 0 Å². The number of aromatic nitrogens is 2. The number of nitrogens with zero attached hydrogens (tertiary/aromatic N) is 2. The van der Waals surface area contributed by atoms with Gasteiger partial charge in [-0.3, -0.25) is 0 Å². The second-order valence-electron chi connectivity index (χ2n) is 7.43. The molecule has 0 saturated heterocycles. The van der Waals surface area contributed by atoms with Gasteiger partial charge in [0.2, 0.25) is 5.89 Å². The maximum absolute atomic E-state index is 11.3. The van der Waals surface area contributed by atoms with Gasteiger partial charge in [-0.1, -0.05) is 25.9 Å². The first-order valence-electron chi connectivity index (χ1n) is 7.20. The van der Waals surface area contributed by atoms with Crippen molar-refractivity contribution in [2.75, 3.05) is 0 Å². The molecule has 104 valence electrons. The summed E-state index contributed by atoms with van der Waals surface area (Å²) in [6.07, 6.45) is 7.20. The van der Waals surface area contributed by atoms with Crippen molar-refractivity contribution in [3.8, 4) is 0 Å². The van der Waals surface area contributed by atoms with Crippen LogP contribution in [0, 0.1) is 5.41 Å². The molecule has 4 rings (SSSR count). The Labute approximate surface area is 114 Å². The third-order valence-corrected chi connectivity index (χ3v) is 5.10. The molecule has 0 aromatic carbocycles. The maximum Gasteiger partial charge on any atom is 0.232 e. The van der Waals surface area contributed by atoms with Crippen LogP contribution in [0.1, 0.15) is 71.0 Å². The average molecular weight is 262 g/mol. The van der Waals surface area contributed by atoms with Gasteiger partial charge in [-0.25, -0.2) is 0 Å². The molecule has 1 aromatic rings. The van der Waals surface area contributed by atoms with E-state index < -0.39 is 0 Å². The molecule has 4 heteroatoms. The smallest absolute Gasteiger partial charge is 0.232 e. The minimum Gasteiger partial charge on any atom is -0.339 e. The van der Waals surface area contributed by atoms with Crippen molar-refractivity contribution < 1.29 is 9.32 Å². The number of hydrogen-bond donors (Lipinski definition) is 0. The minimum atomic E-state index is -0.0994. The molecule has 3 saturated carbocycles. The van der Waals surface area contributed by atoms with Gasteiger partial charge in [0.25, 0.3) is 0 Å². The van der Waals surface area contributed by atoms with Crippen LogP contribution in [0.25, 0.3) is 0 Å². The highest BCUT2D eigenvalue weighted by atomic mass is 16.5. The number of carbonyl (C=O) groups is 1. The molecule has 3 aliphatic rings. The van der Waals surface area contributed by atoms with Crippen LogP contribution in [0.15, 0.2) is 4.52 Å². The summed E-state index contributed by atoms with van der Waals surface area (Å²) in [5.74, 6) is 1.59. The van der Waals surface area contributed by atoms with Gasteiger partial charge < -0.3 is 9.32 Å². The van der Waals surface area contributed by atoms with Gasteiger partial charge in [-0.2, -0.15) is 4.98 Å². The molecule has 19 heavy (non-hydrogen) atoms. The quantitative estimate of drug-likeness (QED) is 0.768. The van der Waals surface area contributed by atoms with Gasteiger partial charge in [-0.05, 0) is 38.5 Å². The summed E-state index contributed by atoms with van der Waals surface area (Å²) in [5, 5.41) is 4.25. The lowest BCUT2D eigenvalue weighted by molar-refractivity contribution is -0.122. The summed E-state index contributed by atoms with van der Waals surface area (Å²) < 4.78 is 5.45. The van der Waals surface area contributed by atoms with E-state index in [1.807, 2.05) is 0 Å². The SMILES string of the molecule is CC(C)(C)c1nc(C23CCC(C=O)(CC2)CC3)no1. The van der Waals surface area contributed by atoms with Gasteiger partial charge in [-0.15, -0.1) is 0 Å². The van der Waals surface area contributed by atoms with Crippen molar-refractivity contribution in [3.05, 3.63) is 11.7 Å². The highest BCUT2D eigenvalue weighted by Gasteiger charge is 2.51. The predicted molar refractivity (Wildman–Crippen MR) is 70.9 cm³/mol. The van der Waals surface area contributed by atoms with E-state index in [-0.39, 0.29) is 16.2 Å². The van der Waals surface area contributed by atoms with Gasteiger partial charge in [0.05, 0.1) is 0 Å². The Balaban J connectivity index is 1.88. The van der Waals surface area contributed by atoms with Crippen molar-refractivity contribution in [1.82, 2.24) is 10.1 Å². The Morgan fingerprint density at radius 1 is 1.11 bits per heavy atom. The fourth-order valence-corrected chi connectivity index (χ4v) is 3.47. The maximum atomic E-state index is 11.3. The van der Waals surface area contributed by atoms with Crippen molar-refractivity contribution in [1.29, 1.82) is 0 Å². The zero-order chi connectivity index (χ0) is 13.7. The van der Waals surface area contributed by atoms with Gasteiger partial charge in [0.15, 0.2) is 5.82 Å². The monoisotopic (exact) mass is 262 g/mol. The summed E-state index contributed by atoms with van der Waals surface area (Å²) in [6, 6.07) is 0. The average Bonchev–Trinajstić information content (AvgIpc) is 2.91. The van der Waals surface area contributed by atoms with Crippen molar-refractivity contribution in [3.63, 3.8) is 0 Å². The summed E-state index contributed by atoms with van der Waals surface area (Å²) in [6.45, 7) is 6.25.